The molecule has 1 unspecified atom stereocenters. The summed E-state index contributed by atoms with van der Waals surface area (Å²) in [5, 5.41) is 9.61. The van der Waals surface area contributed by atoms with E-state index in [0.717, 1.165) is 31.9 Å². The number of aromatic hydroxyl groups is 1. The molecule has 0 aliphatic carbocycles. The number of morpholine rings is 1. The maximum Gasteiger partial charge on any atom is 0.160 e. The van der Waals surface area contributed by atoms with Crippen LogP contribution in [0.3, 0.4) is 0 Å². The number of phenolic OH excluding ortho intramolecular Hbond substituents is 1. The predicted octanol–water partition coefficient (Wildman–Crippen LogP) is 0.733. The van der Waals surface area contributed by atoms with Gasteiger partial charge in [-0.3, -0.25) is 4.90 Å². The lowest BCUT2D eigenvalue weighted by Crippen LogP contribution is -2.41. The zero-order valence-corrected chi connectivity index (χ0v) is 10.6. The SMILES string of the molecule is COc1cc(C(CN)N2CCOCC2)ccc1O. The molecule has 1 heterocycles. The summed E-state index contributed by atoms with van der Waals surface area (Å²) in [5.74, 6) is 0.637. The maximum absolute atomic E-state index is 9.61. The highest BCUT2D eigenvalue weighted by Crippen LogP contribution is 2.30. The van der Waals surface area contributed by atoms with Crippen molar-refractivity contribution in [1.82, 2.24) is 4.90 Å². The van der Waals surface area contributed by atoms with Crippen molar-refractivity contribution >= 4 is 0 Å². The summed E-state index contributed by atoms with van der Waals surface area (Å²) in [6, 6.07) is 5.54. The van der Waals surface area contributed by atoms with Crippen LogP contribution in [0.4, 0.5) is 0 Å². The topological polar surface area (TPSA) is 68.0 Å². The standard InChI is InChI=1S/C13H20N2O3/c1-17-13-8-10(2-3-12(13)16)11(9-14)15-4-6-18-7-5-15/h2-3,8,11,16H,4-7,9,14H2,1H3. The van der Waals surface area contributed by atoms with E-state index in [0.29, 0.717) is 12.3 Å². The molecule has 1 saturated heterocycles. The second-order valence-electron chi connectivity index (χ2n) is 4.33. The molecule has 0 bridgehead atoms. The van der Waals surface area contributed by atoms with Gasteiger partial charge in [0.05, 0.1) is 20.3 Å². The smallest absolute Gasteiger partial charge is 0.160 e. The van der Waals surface area contributed by atoms with Crippen molar-refractivity contribution in [1.29, 1.82) is 0 Å². The molecule has 1 aliphatic rings. The van der Waals surface area contributed by atoms with Crippen molar-refractivity contribution in [2.24, 2.45) is 5.73 Å². The molecule has 3 N–H and O–H groups in total. The van der Waals surface area contributed by atoms with Crippen molar-refractivity contribution in [2.45, 2.75) is 6.04 Å². The number of methoxy groups -OCH3 is 1. The molecule has 2 rings (SSSR count). The summed E-state index contributed by atoms with van der Waals surface area (Å²) in [4.78, 5) is 2.30. The Morgan fingerprint density at radius 1 is 1.44 bits per heavy atom. The van der Waals surface area contributed by atoms with Gasteiger partial charge < -0.3 is 20.3 Å². The number of nitrogens with two attached hydrogens (primary N) is 1. The Bertz CT molecular complexity index is 392. The minimum Gasteiger partial charge on any atom is -0.504 e. The molecule has 0 saturated carbocycles. The molecule has 1 atom stereocenters. The van der Waals surface area contributed by atoms with E-state index in [-0.39, 0.29) is 11.8 Å². The average molecular weight is 252 g/mol. The molecule has 5 nitrogen and oxygen atoms in total. The molecule has 1 aromatic carbocycles. The van der Waals surface area contributed by atoms with Gasteiger partial charge in [0.1, 0.15) is 0 Å². The highest BCUT2D eigenvalue weighted by molar-refractivity contribution is 5.42. The third-order valence-electron chi connectivity index (χ3n) is 3.30. The minimum absolute atomic E-state index is 0.142. The Labute approximate surface area is 107 Å². The fraction of sp³-hybridized carbons (Fsp3) is 0.538. The second-order valence-corrected chi connectivity index (χ2v) is 4.33. The van der Waals surface area contributed by atoms with Gasteiger partial charge >= 0.3 is 0 Å². The molecular formula is C13H20N2O3. The van der Waals surface area contributed by atoms with Gasteiger partial charge in [-0.2, -0.15) is 0 Å². The Balaban J connectivity index is 2.20. The van der Waals surface area contributed by atoms with Crippen LogP contribution in [-0.2, 0) is 4.74 Å². The quantitative estimate of drug-likeness (QED) is 0.827. The van der Waals surface area contributed by atoms with E-state index in [4.69, 9.17) is 15.2 Å². The van der Waals surface area contributed by atoms with Gasteiger partial charge in [0.2, 0.25) is 0 Å². The number of hydrogen-bond donors (Lipinski definition) is 2. The largest absolute Gasteiger partial charge is 0.504 e. The summed E-state index contributed by atoms with van der Waals surface area (Å²) in [6.45, 7) is 3.78. The second kappa shape index (κ2) is 6.04. The molecular weight excluding hydrogens is 232 g/mol. The van der Waals surface area contributed by atoms with Gasteiger partial charge in [-0.05, 0) is 17.7 Å². The monoisotopic (exact) mass is 252 g/mol. The number of rotatable bonds is 4. The first-order valence-electron chi connectivity index (χ1n) is 6.15. The van der Waals surface area contributed by atoms with E-state index in [1.54, 1.807) is 13.2 Å². The lowest BCUT2D eigenvalue weighted by molar-refractivity contribution is 0.0178. The number of benzene rings is 1. The molecule has 0 amide bonds. The van der Waals surface area contributed by atoms with Crippen LogP contribution >= 0.6 is 0 Å². The summed E-state index contributed by atoms with van der Waals surface area (Å²) in [7, 11) is 1.55. The van der Waals surface area contributed by atoms with Crippen LogP contribution in [0.5, 0.6) is 11.5 Å². The molecule has 1 fully saturated rings. The summed E-state index contributed by atoms with van der Waals surface area (Å²) in [6.07, 6.45) is 0. The van der Waals surface area contributed by atoms with Crippen LogP contribution in [0, 0.1) is 0 Å². The van der Waals surface area contributed by atoms with Crippen molar-refractivity contribution in [3.05, 3.63) is 23.8 Å². The van der Waals surface area contributed by atoms with Crippen LogP contribution in [0.2, 0.25) is 0 Å². The summed E-state index contributed by atoms with van der Waals surface area (Å²) < 4.78 is 10.5. The Morgan fingerprint density at radius 2 is 2.17 bits per heavy atom. The zero-order valence-electron chi connectivity index (χ0n) is 10.6. The van der Waals surface area contributed by atoms with Gasteiger partial charge in [0.25, 0.3) is 0 Å². The van der Waals surface area contributed by atoms with Crippen molar-refractivity contribution in [2.75, 3.05) is 40.0 Å². The lowest BCUT2D eigenvalue weighted by atomic mass is 10.0. The fourth-order valence-corrected chi connectivity index (χ4v) is 2.29. The molecule has 0 spiro atoms. The minimum atomic E-state index is 0.142. The molecule has 1 aromatic rings. The Hall–Kier alpha value is -1.30. The number of phenols is 1. The van der Waals surface area contributed by atoms with Crippen LogP contribution in [0.15, 0.2) is 18.2 Å². The molecule has 0 radical (unpaired) electrons. The van der Waals surface area contributed by atoms with E-state index in [9.17, 15) is 5.11 Å². The summed E-state index contributed by atoms with van der Waals surface area (Å²) >= 11 is 0. The Kier molecular flexibility index (Phi) is 4.41. The first-order chi connectivity index (χ1) is 8.76. The molecule has 100 valence electrons. The first kappa shape index (κ1) is 13.1. The summed E-state index contributed by atoms with van der Waals surface area (Å²) in [5.41, 5.74) is 6.94. The third-order valence-corrected chi connectivity index (χ3v) is 3.30. The van der Waals surface area contributed by atoms with Gasteiger partial charge in [0, 0.05) is 25.7 Å². The highest BCUT2D eigenvalue weighted by Gasteiger charge is 2.22. The number of ether oxygens (including phenoxy) is 2. The molecule has 18 heavy (non-hydrogen) atoms. The first-order valence-corrected chi connectivity index (χ1v) is 6.15. The Morgan fingerprint density at radius 3 is 2.78 bits per heavy atom. The van der Waals surface area contributed by atoms with E-state index in [2.05, 4.69) is 4.90 Å². The molecule has 5 heteroatoms. The van der Waals surface area contributed by atoms with Gasteiger partial charge in [0.15, 0.2) is 11.5 Å². The lowest BCUT2D eigenvalue weighted by Gasteiger charge is -2.34. The van der Waals surface area contributed by atoms with Gasteiger partial charge in [-0.1, -0.05) is 6.07 Å². The molecule has 1 aliphatic heterocycles. The van der Waals surface area contributed by atoms with Crippen LogP contribution in [0.25, 0.3) is 0 Å². The molecule has 0 aromatic heterocycles. The number of nitrogens with zero attached hydrogens (tertiary/aromatic N) is 1. The number of hydrogen-bond acceptors (Lipinski definition) is 5. The zero-order chi connectivity index (χ0) is 13.0. The highest BCUT2D eigenvalue weighted by atomic mass is 16.5. The van der Waals surface area contributed by atoms with Crippen LogP contribution in [0.1, 0.15) is 11.6 Å². The average Bonchev–Trinajstić information content (AvgIpc) is 2.42. The van der Waals surface area contributed by atoms with E-state index < -0.39 is 0 Å². The van der Waals surface area contributed by atoms with Crippen molar-refractivity contribution in [3.63, 3.8) is 0 Å². The van der Waals surface area contributed by atoms with E-state index in [1.807, 2.05) is 12.1 Å². The van der Waals surface area contributed by atoms with Crippen LogP contribution < -0.4 is 10.5 Å². The predicted molar refractivity (Wildman–Crippen MR) is 68.8 cm³/mol. The van der Waals surface area contributed by atoms with Gasteiger partial charge in [-0.15, -0.1) is 0 Å². The maximum atomic E-state index is 9.61. The van der Waals surface area contributed by atoms with Crippen LogP contribution in [-0.4, -0.2) is 50.0 Å². The van der Waals surface area contributed by atoms with Crippen molar-refractivity contribution in [3.8, 4) is 11.5 Å². The normalized spacial score (nSPS) is 18.6. The van der Waals surface area contributed by atoms with Crippen molar-refractivity contribution < 1.29 is 14.6 Å². The van der Waals surface area contributed by atoms with Gasteiger partial charge in [-0.25, -0.2) is 0 Å². The van der Waals surface area contributed by atoms with E-state index >= 15 is 0 Å². The third kappa shape index (κ3) is 2.75. The fourth-order valence-electron chi connectivity index (χ4n) is 2.29. The van der Waals surface area contributed by atoms with E-state index in [1.165, 1.54) is 0 Å².